The van der Waals surface area contributed by atoms with E-state index in [1.54, 1.807) is 35.8 Å². The van der Waals surface area contributed by atoms with E-state index in [0.29, 0.717) is 37.4 Å². The Balaban J connectivity index is -0.000000627. The first-order valence-electron chi connectivity index (χ1n) is 37.7. The molecular formula is C92H122N12OY4-8. The van der Waals surface area contributed by atoms with E-state index in [1.165, 1.54) is 21.9 Å². The van der Waals surface area contributed by atoms with E-state index in [2.05, 4.69) is 150 Å². The van der Waals surface area contributed by atoms with Crippen molar-refractivity contribution < 1.29 is 136 Å². The van der Waals surface area contributed by atoms with E-state index in [1.807, 2.05) is 250 Å². The summed E-state index contributed by atoms with van der Waals surface area (Å²) in [7, 11) is 0. The van der Waals surface area contributed by atoms with Gasteiger partial charge in [0.25, 0.3) is 0 Å². The molecule has 13 nitrogen and oxygen atoms in total. The molecule has 4 aromatic carbocycles. The van der Waals surface area contributed by atoms with Gasteiger partial charge in [0.05, 0.1) is 73.2 Å². The van der Waals surface area contributed by atoms with E-state index in [4.69, 9.17) is 15.0 Å². The van der Waals surface area contributed by atoms with Gasteiger partial charge in [0.2, 0.25) is 5.91 Å². The minimum Gasteiger partial charge on any atom is -0.431 e. The van der Waals surface area contributed by atoms with Gasteiger partial charge in [-0.25, -0.2) is 19.9 Å². The fourth-order valence-corrected chi connectivity index (χ4v) is 10.3. The topological polar surface area (TPSA) is 133 Å². The van der Waals surface area contributed by atoms with E-state index >= 15 is 0 Å². The summed E-state index contributed by atoms with van der Waals surface area (Å²) in [4.78, 5) is 57.5. The molecule has 4 radical (unpaired) electrons. The van der Waals surface area contributed by atoms with Crippen LogP contribution in [0, 0.1) is 55.4 Å². The van der Waals surface area contributed by atoms with E-state index < -0.39 is 0 Å². The van der Waals surface area contributed by atoms with Gasteiger partial charge >= 0.3 is 0 Å². The molecule has 109 heavy (non-hydrogen) atoms. The number of carbonyl (C=O) groups excluding carboxylic acids is 1. The third kappa shape index (κ3) is 34.1. The minimum absolute atomic E-state index is 0. The maximum Gasteiger partial charge on any atom is 0.249 e. The van der Waals surface area contributed by atoms with Crippen LogP contribution in [0.5, 0.6) is 0 Å². The van der Waals surface area contributed by atoms with Crippen LogP contribution in [0.3, 0.4) is 0 Å². The molecule has 0 aliphatic carbocycles. The van der Waals surface area contributed by atoms with Crippen LogP contribution in [0.2, 0.25) is 0 Å². The average Bonchev–Trinajstić information content (AvgIpc) is 0.800. The molecule has 1 amide bonds. The van der Waals surface area contributed by atoms with Gasteiger partial charge in [-0.1, -0.05) is 208 Å². The number of para-hydroxylation sites is 4. The number of amides is 1. The smallest absolute Gasteiger partial charge is 0.249 e. The number of carbonyl (C=O) groups is 1. The van der Waals surface area contributed by atoms with E-state index in [9.17, 15) is 4.79 Å². The summed E-state index contributed by atoms with van der Waals surface area (Å²) in [5, 5.41) is 4.29. The van der Waals surface area contributed by atoms with Gasteiger partial charge in [-0.3, -0.25) is 24.7 Å². The van der Waals surface area contributed by atoms with Crippen LogP contribution >= 0.6 is 0 Å². The van der Waals surface area contributed by atoms with Gasteiger partial charge in [-0.05, 0) is 115 Å². The van der Waals surface area contributed by atoms with Gasteiger partial charge in [0, 0.05) is 195 Å². The molecule has 0 saturated heterocycles. The number of rotatable bonds is 18. The second-order valence-corrected chi connectivity index (χ2v) is 20.5. The van der Waals surface area contributed by atoms with Gasteiger partial charge in [-0.15, -0.1) is 52.4 Å². The quantitative estimate of drug-likeness (QED) is 0.0757. The fourth-order valence-electron chi connectivity index (χ4n) is 10.3. The summed E-state index contributed by atoms with van der Waals surface area (Å²) < 4.78 is 0. The summed E-state index contributed by atoms with van der Waals surface area (Å²) in [6, 6.07) is 63.9. The molecule has 0 bridgehead atoms. The Labute approximate surface area is 760 Å². The molecule has 1 atom stereocenters. The van der Waals surface area contributed by atoms with Crippen molar-refractivity contribution in [1.82, 2.24) is 54.6 Å². The second kappa shape index (κ2) is 67.2. The first-order chi connectivity index (χ1) is 51.6. The first-order valence-corrected chi connectivity index (χ1v) is 37.7. The summed E-state index contributed by atoms with van der Waals surface area (Å²) in [6.45, 7) is 71.6. The largest absolute Gasteiger partial charge is 0.431 e. The third-order valence-electron chi connectivity index (χ3n) is 15.2. The molecule has 12 aromatic rings. The molecule has 0 aliphatic rings. The average molecular weight is 1770 g/mol. The minimum atomic E-state index is -0.0919. The first kappa shape index (κ1) is 110. The van der Waals surface area contributed by atoms with Crippen molar-refractivity contribution in [3.63, 3.8) is 0 Å². The van der Waals surface area contributed by atoms with Gasteiger partial charge in [0.15, 0.2) is 0 Å². The van der Waals surface area contributed by atoms with Crippen LogP contribution < -0.4 is 4.90 Å². The maximum absolute atomic E-state index is 12.8. The number of hydrogen-bond donors (Lipinski definition) is 0. The van der Waals surface area contributed by atoms with Crippen molar-refractivity contribution in [2.45, 2.75) is 130 Å². The molecule has 8 heterocycles. The Hall–Kier alpha value is -5.27. The van der Waals surface area contributed by atoms with Crippen LogP contribution in [0.25, 0.3) is 89.2 Å². The number of anilines is 1. The standard InChI is InChI=1S/C20H21N3.C19H17N3O.C19H19N3.C18H17N3.8C2H6.4Y/c1-4-23(5-2)15(3)17-14-20(19-12-8-9-13-21-19)22-18-11-7-6-10-16(17)18;1-3-22(4-2)19(23)15-13-18(17-11-7-8-12-20-17)21-16-10-6-5-9-14(15)16;1-3-22(4-2)14-15-13-19(18-11-7-8-12-20-18)21-17-10-6-5-9-16(15)17;1-3-21(4-2)18-13-17(16-11-7-8-12-19-16)20-15-10-6-5-9-14(15)18;8*1-2;;;;/h6-15H,1-2,4-5H2,3H3;5-13H,1-4H2;5-13H,1-4,14H2;5-13H,1-4H2;8*1-2H3;;;;/q4*-2;;;;;;;;;;;;. The van der Waals surface area contributed by atoms with Crippen molar-refractivity contribution in [2.75, 3.05) is 57.3 Å². The molecule has 0 saturated carbocycles. The van der Waals surface area contributed by atoms with Crippen LogP contribution in [-0.2, 0) is 137 Å². The molecule has 576 valence electrons. The molecular weight excluding hydrogens is 1640 g/mol. The molecule has 17 heteroatoms. The Morgan fingerprint density at radius 3 is 1.00 bits per heavy atom. The van der Waals surface area contributed by atoms with Crippen LogP contribution in [-0.4, -0.2) is 113 Å². The predicted octanol–water partition coefficient (Wildman–Crippen LogP) is 23.5. The number of fused-ring (bicyclic) bond motifs is 4. The summed E-state index contributed by atoms with van der Waals surface area (Å²) in [5.41, 5.74) is 14.7. The second-order valence-electron chi connectivity index (χ2n) is 20.5. The van der Waals surface area contributed by atoms with E-state index in [0.717, 1.165) is 111 Å². The summed E-state index contributed by atoms with van der Waals surface area (Å²) in [6.07, 6.45) is 7.09. The zero-order valence-electron chi connectivity index (χ0n) is 69.0. The predicted molar refractivity (Wildman–Crippen MR) is 457 cm³/mol. The maximum atomic E-state index is 12.8. The molecule has 0 N–H and O–H groups in total. The molecule has 1 unspecified atom stereocenters. The molecule has 0 spiro atoms. The van der Waals surface area contributed by atoms with Crippen molar-refractivity contribution in [1.29, 1.82) is 0 Å². The summed E-state index contributed by atoms with van der Waals surface area (Å²) >= 11 is 0. The fraction of sp³-hybridized carbons (Fsp3) is 0.293. The van der Waals surface area contributed by atoms with Crippen LogP contribution in [0.4, 0.5) is 5.69 Å². The molecule has 12 rings (SSSR count). The zero-order valence-corrected chi connectivity index (χ0v) is 80.3. The van der Waals surface area contributed by atoms with Crippen molar-refractivity contribution in [3.8, 4) is 45.6 Å². The Morgan fingerprint density at radius 2 is 0.642 bits per heavy atom. The number of nitrogens with zero attached hydrogens (tertiary/aromatic N) is 12. The SMILES string of the molecule is CC.CC.CC.CC.CC.CC.CC.CC.[CH2-]CN(C[CH2-])C(=O)c1cc(-c2ccccn2)nc2ccccc12.[CH2-]CN(C[CH2-])C(C)c1cc(-c2ccccn2)nc2ccccc12.[CH2-]CN(C[CH2-])Cc1cc(-c2ccccn2)nc2ccccc12.[CH2-]CN(C[CH2-])c1cc(-c2ccccn2)nc2ccccc12.[Y].[Y].[Y].[Y]. The number of aromatic nitrogens is 8. The number of benzene rings is 4. The van der Waals surface area contributed by atoms with Crippen molar-refractivity contribution >= 4 is 55.2 Å². The number of pyridine rings is 8. The zero-order chi connectivity index (χ0) is 78.5. The normalized spacial score (nSPS) is 9.72. The van der Waals surface area contributed by atoms with Crippen molar-refractivity contribution in [2.24, 2.45) is 0 Å². The molecule has 0 fully saturated rings. The van der Waals surface area contributed by atoms with Gasteiger partial charge < -0.3 is 75.0 Å². The Morgan fingerprint density at radius 1 is 0.330 bits per heavy atom. The number of hydrogen-bond acceptors (Lipinski definition) is 12. The van der Waals surface area contributed by atoms with Crippen molar-refractivity contribution in [3.05, 3.63) is 291 Å². The van der Waals surface area contributed by atoms with Gasteiger partial charge in [-0.2, -0.15) is 0 Å². The molecule has 0 aliphatic heterocycles. The summed E-state index contributed by atoms with van der Waals surface area (Å²) in [5.74, 6) is -0.0919. The molecule has 8 aromatic heterocycles. The van der Waals surface area contributed by atoms with E-state index in [-0.39, 0.29) is 143 Å². The Kier molecular flexibility index (Phi) is 67.9. The van der Waals surface area contributed by atoms with Crippen LogP contribution in [0.1, 0.15) is 145 Å². The third-order valence-corrected chi connectivity index (χ3v) is 15.2. The Bertz CT molecular complexity index is 4200. The monoisotopic (exact) mass is 1770 g/mol. The van der Waals surface area contributed by atoms with Crippen LogP contribution in [0.15, 0.2) is 219 Å². The van der Waals surface area contributed by atoms with Gasteiger partial charge in [0.1, 0.15) is 0 Å².